The van der Waals surface area contributed by atoms with Crippen LogP contribution in [0.15, 0.2) is 27.4 Å². The standard InChI is InChI=1S/C21H30O5/c1-2-3-4-5-6-7-8-9-11-17-19(23)16-12-10-13-18(25-15-14-22)20(16)26-21(17)24/h10,12-13,22-23H,2-9,11,14-15H2,1H3. The van der Waals surface area contributed by atoms with E-state index in [2.05, 4.69) is 6.92 Å². The Kier molecular flexibility index (Phi) is 8.48. The summed E-state index contributed by atoms with van der Waals surface area (Å²) in [4.78, 5) is 12.3. The molecule has 1 aromatic carbocycles. The van der Waals surface area contributed by atoms with Crippen molar-refractivity contribution in [2.75, 3.05) is 13.2 Å². The molecule has 0 saturated heterocycles. The molecule has 0 aliphatic rings. The van der Waals surface area contributed by atoms with Gasteiger partial charge < -0.3 is 19.4 Å². The highest BCUT2D eigenvalue weighted by molar-refractivity contribution is 5.88. The van der Waals surface area contributed by atoms with E-state index in [9.17, 15) is 9.90 Å². The fraction of sp³-hybridized carbons (Fsp3) is 0.571. The van der Waals surface area contributed by atoms with Gasteiger partial charge in [-0.15, -0.1) is 0 Å². The number of rotatable bonds is 12. The molecule has 26 heavy (non-hydrogen) atoms. The summed E-state index contributed by atoms with van der Waals surface area (Å²) in [6.45, 7) is 2.18. The average molecular weight is 362 g/mol. The first-order valence-electron chi connectivity index (χ1n) is 9.70. The zero-order chi connectivity index (χ0) is 18.8. The predicted molar refractivity (Wildman–Crippen MR) is 103 cm³/mol. The Balaban J connectivity index is 1.99. The molecule has 0 atom stereocenters. The second-order valence-electron chi connectivity index (χ2n) is 6.65. The molecule has 0 aliphatic carbocycles. The number of unbranched alkanes of at least 4 members (excludes halogenated alkanes) is 7. The number of aliphatic hydroxyl groups is 1. The molecule has 0 spiro atoms. The van der Waals surface area contributed by atoms with Crippen molar-refractivity contribution in [2.45, 2.75) is 64.7 Å². The number of fused-ring (bicyclic) bond motifs is 1. The van der Waals surface area contributed by atoms with Gasteiger partial charge >= 0.3 is 5.63 Å². The Morgan fingerprint density at radius 1 is 1.04 bits per heavy atom. The molecule has 144 valence electrons. The van der Waals surface area contributed by atoms with E-state index in [-0.39, 0.29) is 24.5 Å². The highest BCUT2D eigenvalue weighted by Gasteiger charge is 2.16. The van der Waals surface area contributed by atoms with Crippen LogP contribution in [-0.4, -0.2) is 23.4 Å². The first-order chi connectivity index (χ1) is 12.7. The maximum Gasteiger partial charge on any atom is 0.343 e. The van der Waals surface area contributed by atoms with Crippen molar-refractivity contribution in [3.8, 4) is 11.5 Å². The molecule has 0 aliphatic heterocycles. The van der Waals surface area contributed by atoms with Gasteiger partial charge in [0.05, 0.1) is 17.6 Å². The second kappa shape index (κ2) is 10.9. The Morgan fingerprint density at radius 3 is 2.42 bits per heavy atom. The van der Waals surface area contributed by atoms with Crippen molar-refractivity contribution in [3.05, 3.63) is 34.2 Å². The number of benzene rings is 1. The van der Waals surface area contributed by atoms with Gasteiger partial charge in [0.25, 0.3) is 0 Å². The topological polar surface area (TPSA) is 79.9 Å². The average Bonchev–Trinajstić information content (AvgIpc) is 2.64. The van der Waals surface area contributed by atoms with E-state index >= 15 is 0 Å². The van der Waals surface area contributed by atoms with Gasteiger partial charge in [-0.25, -0.2) is 4.79 Å². The van der Waals surface area contributed by atoms with Gasteiger partial charge in [0, 0.05) is 0 Å². The largest absolute Gasteiger partial charge is 0.507 e. The minimum Gasteiger partial charge on any atom is -0.507 e. The highest BCUT2D eigenvalue weighted by atomic mass is 16.5. The van der Waals surface area contributed by atoms with Crippen molar-refractivity contribution in [1.82, 2.24) is 0 Å². The molecule has 2 rings (SSSR count). The van der Waals surface area contributed by atoms with Crippen molar-refractivity contribution in [1.29, 1.82) is 0 Å². The zero-order valence-electron chi connectivity index (χ0n) is 15.6. The third-order valence-electron chi connectivity index (χ3n) is 4.59. The number of para-hydroxylation sites is 1. The number of aromatic hydroxyl groups is 1. The fourth-order valence-electron chi connectivity index (χ4n) is 3.15. The maximum absolute atomic E-state index is 12.3. The summed E-state index contributed by atoms with van der Waals surface area (Å²) in [7, 11) is 0. The summed E-state index contributed by atoms with van der Waals surface area (Å²) in [6.07, 6.45) is 9.92. The molecule has 0 fully saturated rings. The van der Waals surface area contributed by atoms with Gasteiger partial charge in [-0.3, -0.25) is 0 Å². The van der Waals surface area contributed by atoms with Gasteiger partial charge in [-0.2, -0.15) is 0 Å². The van der Waals surface area contributed by atoms with Gasteiger partial charge in [-0.1, -0.05) is 57.9 Å². The number of aliphatic hydroxyl groups excluding tert-OH is 1. The highest BCUT2D eigenvalue weighted by Crippen LogP contribution is 2.32. The molecule has 1 heterocycles. The Morgan fingerprint density at radius 2 is 1.73 bits per heavy atom. The summed E-state index contributed by atoms with van der Waals surface area (Å²) >= 11 is 0. The predicted octanol–water partition coefficient (Wildman–Crippen LogP) is 4.55. The monoisotopic (exact) mass is 362 g/mol. The third-order valence-corrected chi connectivity index (χ3v) is 4.59. The van der Waals surface area contributed by atoms with Crippen molar-refractivity contribution in [3.63, 3.8) is 0 Å². The van der Waals surface area contributed by atoms with Crippen LogP contribution in [0.2, 0.25) is 0 Å². The molecular weight excluding hydrogens is 332 g/mol. The second-order valence-corrected chi connectivity index (χ2v) is 6.65. The molecule has 5 heteroatoms. The van der Waals surface area contributed by atoms with Crippen LogP contribution in [-0.2, 0) is 6.42 Å². The lowest BCUT2D eigenvalue weighted by molar-refractivity contribution is 0.201. The van der Waals surface area contributed by atoms with Crippen LogP contribution in [0, 0.1) is 0 Å². The lowest BCUT2D eigenvalue weighted by atomic mass is 10.0. The number of hydrogen-bond acceptors (Lipinski definition) is 5. The summed E-state index contributed by atoms with van der Waals surface area (Å²) in [5.41, 5.74) is 0.0453. The first kappa shape index (κ1) is 20.3. The van der Waals surface area contributed by atoms with Gasteiger partial charge in [0.2, 0.25) is 0 Å². The molecule has 0 radical (unpaired) electrons. The lowest BCUT2D eigenvalue weighted by Gasteiger charge is -2.10. The first-order valence-corrected chi connectivity index (χ1v) is 9.70. The van der Waals surface area contributed by atoms with Gasteiger partial charge in [-0.05, 0) is 25.0 Å². The van der Waals surface area contributed by atoms with E-state index in [0.29, 0.717) is 23.1 Å². The van der Waals surface area contributed by atoms with Crippen LogP contribution in [0.25, 0.3) is 11.0 Å². The van der Waals surface area contributed by atoms with Gasteiger partial charge in [0.15, 0.2) is 11.3 Å². The molecule has 0 saturated carbocycles. The molecular formula is C21H30O5. The van der Waals surface area contributed by atoms with Crippen LogP contribution >= 0.6 is 0 Å². The summed E-state index contributed by atoms with van der Waals surface area (Å²) < 4.78 is 10.8. The third kappa shape index (κ3) is 5.49. The van der Waals surface area contributed by atoms with E-state index < -0.39 is 5.63 Å². The Hall–Kier alpha value is -2.01. The summed E-state index contributed by atoms with van der Waals surface area (Å²) in [5, 5.41) is 19.9. The smallest absolute Gasteiger partial charge is 0.343 e. The van der Waals surface area contributed by atoms with Crippen molar-refractivity contribution < 1.29 is 19.4 Å². The number of hydrogen-bond donors (Lipinski definition) is 2. The van der Waals surface area contributed by atoms with Crippen molar-refractivity contribution >= 4 is 11.0 Å². The fourth-order valence-corrected chi connectivity index (χ4v) is 3.15. The molecule has 0 amide bonds. The molecule has 2 aromatic rings. The van der Waals surface area contributed by atoms with E-state index in [0.717, 1.165) is 19.3 Å². The SMILES string of the molecule is CCCCCCCCCCc1c(O)c2cccc(OCCO)c2oc1=O. The van der Waals surface area contributed by atoms with Crippen LogP contribution in [0.5, 0.6) is 11.5 Å². The molecule has 2 N–H and O–H groups in total. The van der Waals surface area contributed by atoms with Crippen LogP contribution < -0.4 is 10.4 Å². The van der Waals surface area contributed by atoms with Gasteiger partial charge in [0.1, 0.15) is 12.4 Å². The quantitative estimate of drug-likeness (QED) is 0.428. The lowest BCUT2D eigenvalue weighted by Crippen LogP contribution is -2.09. The molecule has 0 unspecified atom stereocenters. The van der Waals surface area contributed by atoms with E-state index in [1.807, 2.05) is 0 Å². The minimum atomic E-state index is -0.516. The Bertz CT molecular complexity index is 735. The normalized spacial score (nSPS) is 11.2. The van der Waals surface area contributed by atoms with Crippen LogP contribution in [0.4, 0.5) is 0 Å². The zero-order valence-corrected chi connectivity index (χ0v) is 15.6. The van der Waals surface area contributed by atoms with Crippen molar-refractivity contribution in [2.24, 2.45) is 0 Å². The van der Waals surface area contributed by atoms with Crippen LogP contribution in [0.1, 0.15) is 63.9 Å². The minimum absolute atomic E-state index is 0.0198. The maximum atomic E-state index is 12.3. The Labute approximate surface area is 154 Å². The van der Waals surface area contributed by atoms with Crippen LogP contribution in [0.3, 0.4) is 0 Å². The summed E-state index contributed by atoms with van der Waals surface area (Å²) in [5.74, 6) is 0.330. The van der Waals surface area contributed by atoms with E-state index in [4.69, 9.17) is 14.3 Å². The molecule has 5 nitrogen and oxygen atoms in total. The molecule has 0 bridgehead atoms. The molecule has 1 aromatic heterocycles. The van der Waals surface area contributed by atoms with E-state index in [1.54, 1.807) is 18.2 Å². The summed E-state index contributed by atoms with van der Waals surface area (Å²) in [6, 6.07) is 5.09. The van der Waals surface area contributed by atoms with E-state index in [1.165, 1.54) is 32.1 Å². The number of ether oxygens (including phenoxy) is 1.